The van der Waals surface area contributed by atoms with Crippen molar-refractivity contribution in [3.05, 3.63) is 106 Å². The zero-order chi connectivity index (χ0) is 25.3. The molecule has 3 aromatic rings. The summed E-state index contributed by atoms with van der Waals surface area (Å²) >= 11 is 3.55. The van der Waals surface area contributed by atoms with Crippen LogP contribution in [0.15, 0.2) is 83.3 Å². The van der Waals surface area contributed by atoms with Crippen LogP contribution in [0.4, 0.5) is 0 Å². The fourth-order valence-electron chi connectivity index (χ4n) is 4.90. The van der Waals surface area contributed by atoms with Gasteiger partial charge in [-0.2, -0.15) is 0 Å². The lowest BCUT2D eigenvalue weighted by Crippen LogP contribution is -2.52. The van der Waals surface area contributed by atoms with Crippen molar-refractivity contribution in [1.29, 1.82) is 0 Å². The Balaban J connectivity index is 1.60. The van der Waals surface area contributed by atoms with E-state index >= 15 is 0 Å². The average molecular weight is 548 g/mol. The van der Waals surface area contributed by atoms with Crippen molar-refractivity contribution < 1.29 is 9.59 Å². The smallest absolute Gasteiger partial charge is 0.243 e. The highest BCUT2D eigenvalue weighted by Crippen LogP contribution is 2.22. The third-order valence-corrected chi connectivity index (χ3v) is 7.46. The monoisotopic (exact) mass is 546 g/mol. The van der Waals surface area contributed by atoms with Gasteiger partial charge >= 0.3 is 0 Å². The van der Waals surface area contributed by atoms with Gasteiger partial charge in [0.25, 0.3) is 0 Å². The number of benzene rings is 3. The summed E-state index contributed by atoms with van der Waals surface area (Å²) in [6, 6.07) is 25.9. The quantitative estimate of drug-likeness (QED) is 0.320. The van der Waals surface area contributed by atoms with E-state index in [0.29, 0.717) is 25.8 Å². The van der Waals surface area contributed by atoms with Gasteiger partial charge in [-0.05, 0) is 55.0 Å². The summed E-state index contributed by atoms with van der Waals surface area (Å²) in [5, 5.41) is 3.27. The van der Waals surface area contributed by atoms with Crippen molar-refractivity contribution in [3.63, 3.8) is 0 Å². The van der Waals surface area contributed by atoms with Crippen LogP contribution in [0.5, 0.6) is 0 Å². The normalized spacial score (nSPS) is 14.4. The minimum absolute atomic E-state index is 0.00180. The fraction of sp³-hybridized carbons (Fsp3) is 0.355. The van der Waals surface area contributed by atoms with Crippen molar-refractivity contribution in [2.24, 2.45) is 0 Å². The van der Waals surface area contributed by atoms with Crippen molar-refractivity contribution >= 4 is 27.7 Å². The highest BCUT2D eigenvalue weighted by atomic mass is 79.9. The molecule has 3 aromatic carbocycles. The molecule has 0 unspecified atom stereocenters. The first kappa shape index (κ1) is 26.2. The van der Waals surface area contributed by atoms with Crippen LogP contribution in [0.25, 0.3) is 0 Å². The highest BCUT2D eigenvalue weighted by Gasteiger charge is 2.32. The molecule has 0 bridgehead atoms. The lowest BCUT2D eigenvalue weighted by atomic mass is 10.0. The third-order valence-electron chi connectivity index (χ3n) is 6.96. The summed E-state index contributed by atoms with van der Waals surface area (Å²) in [5.41, 5.74) is 4.38. The first-order chi connectivity index (χ1) is 17.5. The molecule has 0 heterocycles. The zero-order valence-corrected chi connectivity index (χ0v) is 22.5. The number of halogens is 1. The van der Waals surface area contributed by atoms with Gasteiger partial charge in [0.15, 0.2) is 0 Å². The predicted molar refractivity (Wildman–Crippen MR) is 149 cm³/mol. The largest absolute Gasteiger partial charge is 0.352 e. The van der Waals surface area contributed by atoms with Crippen LogP contribution in [0.1, 0.15) is 54.4 Å². The molecule has 0 radical (unpaired) electrons. The molecule has 4 nitrogen and oxygen atoms in total. The topological polar surface area (TPSA) is 49.4 Å². The number of hydrogen-bond donors (Lipinski definition) is 1. The van der Waals surface area contributed by atoms with Gasteiger partial charge in [0.1, 0.15) is 6.04 Å². The van der Waals surface area contributed by atoms with Gasteiger partial charge < -0.3 is 10.2 Å². The van der Waals surface area contributed by atoms with Gasteiger partial charge in [0, 0.05) is 29.9 Å². The Kier molecular flexibility index (Phi) is 9.35. The summed E-state index contributed by atoms with van der Waals surface area (Å²) in [6.45, 7) is 2.45. The molecule has 1 saturated carbocycles. The predicted octanol–water partition coefficient (Wildman–Crippen LogP) is 6.39. The first-order valence-electron chi connectivity index (χ1n) is 12.9. The number of rotatable bonds is 10. The molecule has 0 saturated heterocycles. The minimum Gasteiger partial charge on any atom is -0.352 e. The number of nitrogens with one attached hydrogen (secondary N) is 1. The van der Waals surface area contributed by atoms with E-state index in [1.165, 1.54) is 5.56 Å². The van der Waals surface area contributed by atoms with Gasteiger partial charge in [0.05, 0.1) is 0 Å². The standard InChI is InChI=1S/C31H35BrN2O2/c1-23-14-16-24(17-15-23)18-19-30(35)34(22-26-10-7-11-27(32)20-26)29(21-25-8-3-2-4-9-25)31(36)33-28-12-5-6-13-28/h2-4,7-11,14-17,20,28-29H,5-6,12-13,18-19,21-22H2,1H3,(H,33,36)/t29-/m1/s1. The Morgan fingerprint density at radius 3 is 2.31 bits per heavy atom. The van der Waals surface area contributed by atoms with Crippen LogP contribution >= 0.6 is 15.9 Å². The summed E-state index contributed by atoms with van der Waals surface area (Å²) in [6.07, 6.45) is 5.81. The molecule has 1 aliphatic rings. The molecule has 36 heavy (non-hydrogen) atoms. The van der Waals surface area contributed by atoms with E-state index in [0.717, 1.165) is 46.8 Å². The maximum atomic E-state index is 13.8. The second kappa shape index (κ2) is 12.9. The maximum absolute atomic E-state index is 13.8. The van der Waals surface area contributed by atoms with E-state index in [9.17, 15) is 9.59 Å². The average Bonchev–Trinajstić information content (AvgIpc) is 3.39. The number of aryl methyl sites for hydroxylation is 2. The Labute approximate surface area is 223 Å². The van der Waals surface area contributed by atoms with Gasteiger partial charge in [-0.3, -0.25) is 9.59 Å². The second-order valence-electron chi connectivity index (χ2n) is 9.83. The summed E-state index contributed by atoms with van der Waals surface area (Å²) < 4.78 is 0.960. The third kappa shape index (κ3) is 7.54. The van der Waals surface area contributed by atoms with Gasteiger partial charge in [-0.25, -0.2) is 0 Å². The maximum Gasteiger partial charge on any atom is 0.243 e. The van der Waals surface area contributed by atoms with Crippen LogP contribution in [-0.4, -0.2) is 28.8 Å². The van der Waals surface area contributed by atoms with Crippen LogP contribution in [0.2, 0.25) is 0 Å². The summed E-state index contributed by atoms with van der Waals surface area (Å²) in [7, 11) is 0. The molecule has 0 aliphatic heterocycles. The van der Waals surface area contributed by atoms with Gasteiger partial charge in [0.2, 0.25) is 11.8 Å². The van der Waals surface area contributed by atoms with Crippen LogP contribution in [0, 0.1) is 6.92 Å². The number of carbonyl (C=O) groups excluding carboxylic acids is 2. The van der Waals surface area contributed by atoms with Crippen LogP contribution in [0.3, 0.4) is 0 Å². The number of hydrogen-bond acceptors (Lipinski definition) is 2. The van der Waals surface area contributed by atoms with E-state index in [4.69, 9.17) is 0 Å². The summed E-state index contributed by atoms with van der Waals surface area (Å²) in [5.74, 6) is -0.0533. The highest BCUT2D eigenvalue weighted by molar-refractivity contribution is 9.10. The fourth-order valence-corrected chi connectivity index (χ4v) is 5.35. The van der Waals surface area contributed by atoms with E-state index in [1.807, 2.05) is 54.6 Å². The molecule has 1 fully saturated rings. The first-order valence-corrected chi connectivity index (χ1v) is 13.7. The molecule has 188 valence electrons. The lowest BCUT2D eigenvalue weighted by molar-refractivity contribution is -0.141. The summed E-state index contributed by atoms with van der Waals surface area (Å²) in [4.78, 5) is 29.3. The van der Waals surface area contributed by atoms with Crippen LogP contribution in [-0.2, 0) is 29.0 Å². The van der Waals surface area contributed by atoms with Crippen molar-refractivity contribution in [2.45, 2.75) is 70.5 Å². The molecule has 5 heteroatoms. The second-order valence-corrected chi connectivity index (χ2v) is 10.7. The Morgan fingerprint density at radius 2 is 1.61 bits per heavy atom. The van der Waals surface area contributed by atoms with E-state index in [1.54, 1.807) is 4.90 Å². The van der Waals surface area contributed by atoms with E-state index in [2.05, 4.69) is 52.4 Å². The molecule has 1 atom stereocenters. The molecular weight excluding hydrogens is 512 g/mol. The molecule has 0 aromatic heterocycles. The number of amides is 2. The molecule has 1 N–H and O–H groups in total. The SMILES string of the molecule is Cc1ccc(CCC(=O)N(Cc2cccc(Br)c2)[C@H](Cc2ccccc2)C(=O)NC2CCCC2)cc1. The van der Waals surface area contributed by atoms with Crippen molar-refractivity contribution in [1.82, 2.24) is 10.2 Å². The number of nitrogens with zero attached hydrogens (tertiary/aromatic N) is 1. The Morgan fingerprint density at radius 1 is 0.917 bits per heavy atom. The van der Waals surface area contributed by atoms with E-state index in [-0.39, 0.29) is 17.9 Å². The number of carbonyl (C=O) groups is 2. The molecule has 2 amide bonds. The molecular formula is C31H35BrN2O2. The van der Waals surface area contributed by atoms with Gasteiger partial charge in [-0.15, -0.1) is 0 Å². The van der Waals surface area contributed by atoms with Crippen molar-refractivity contribution in [2.75, 3.05) is 0 Å². The molecule has 4 rings (SSSR count). The minimum atomic E-state index is -0.572. The lowest BCUT2D eigenvalue weighted by Gasteiger charge is -2.32. The van der Waals surface area contributed by atoms with Gasteiger partial charge in [-0.1, -0.05) is 101 Å². The molecule has 1 aliphatic carbocycles. The Hall–Kier alpha value is -2.92. The Bertz CT molecular complexity index is 1140. The van der Waals surface area contributed by atoms with Crippen molar-refractivity contribution in [3.8, 4) is 0 Å². The van der Waals surface area contributed by atoms with E-state index < -0.39 is 6.04 Å². The van der Waals surface area contributed by atoms with Crippen LogP contribution < -0.4 is 5.32 Å². The molecule has 0 spiro atoms. The zero-order valence-electron chi connectivity index (χ0n) is 21.0.